The predicted octanol–water partition coefficient (Wildman–Crippen LogP) is 1.68. The first-order valence-corrected chi connectivity index (χ1v) is 9.76. The minimum Gasteiger partial charge on any atom is -0.385 e. The van der Waals surface area contributed by atoms with Gasteiger partial charge in [-0.1, -0.05) is 40.2 Å². The highest BCUT2D eigenvalue weighted by atomic mass is 19.3. The Morgan fingerprint density at radius 3 is 2.34 bits per heavy atom. The summed E-state index contributed by atoms with van der Waals surface area (Å²) >= 11 is 0. The van der Waals surface area contributed by atoms with Crippen molar-refractivity contribution in [2.45, 2.75) is 71.2 Å². The average Bonchev–Trinajstić information content (AvgIpc) is 2.69. The fraction of sp³-hybridized carbons (Fsp3) is 0.650. The molecule has 1 aromatic heterocycles. The molecule has 0 aromatic carbocycles. The lowest BCUT2D eigenvalue weighted by Gasteiger charge is -2.32. The maximum atomic E-state index is 14.8. The second-order valence-electron chi connectivity index (χ2n) is 7.82. The lowest BCUT2D eigenvalue weighted by atomic mass is 9.94. The summed E-state index contributed by atoms with van der Waals surface area (Å²) in [5, 5.41) is 10.1. The first-order valence-electron chi connectivity index (χ1n) is 9.76. The van der Waals surface area contributed by atoms with Gasteiger partial charge in [-0.3, -0.25) is 19.5 Å². The smallest absolute Gasteiger partial charge is 0.351 e. The van der Waals surface area contributed by atoms with Crippen LogP contribution in [0.2, 0.25) is 0 Å². The Morgan fingerprint density at radius 1 is 1.24 bits per heavy atom. The number of aliphatic hydroxyl groups excluding tert-OH is 1. The van der Waals surface area contributed by atoms with E-state index in [1.165, 1.54) is 12.3 Å². The molecule has 9 heteroatoms. The van der Waals surface area contributed by atoms with Crippen molar-refractivity contribution in [2.75, 3.05) is 0 Å². The number of aliphatic hydroxyl groups is 1. The summed E-state index contributed by atoms with van der Waals surface area (Å²) < 4.78 is 29.7. The van der Waals surface area contributed by atoms with Crippen LogP contribution in [0.3, 0.4) is 0 Å². The minimum atomic E-state index is -4.26. The lowest BCUT2D eigenvalue weighted by molar-refractivity contribution is -0.181. The molecule has 1 rings (SSSR count). The van der Waals surface area contributed by atoms with Gasteiger partial charge in [0.15, 0.2) is 0 Å². The van der Waals surface area contributed by atoms with Gasteiger partial charge in [0.2, 0.25) is 5.91 Å². The molecule has 0 aliphatic rings. The zero-order valence-electron chi connectivity index (χ0n) is 17.4. The molecule has 7 nitrogen and oxygen atoms in total. The molecular formula is C20H32F2N4O3. The van der Waals surface area contributed by atoms with Gasteiger partial charge in [-0.2, -0.15) is 8.78 Å². The van der Waals surface area contributed by atoms with Crippen molar-refractivity contribution in [2.24, 2.45) is 23.3 Å². The Balaban J connectivity index is 3.21. The number of carbonyl (C=O) groups excluding carboxylic acids is 2. The monoisotopic (exact) mass is 414 g/mol. The summed E-state index contributed by atoms with van der Waals surface area (Å²) in [7, 11) is 0. The first-order chi connectivity index (χ1) is 13.4. The van der Waals surface area contributed by atoms with Crippen LogP contribution in [0.25, 0.3) is 0 Å². The number of hydrogen-bond donors (Lipinski definition) is 3. The number of halogens is 2. The maximum absolute atomic E-state index is 14.8. The number of amides is 2. The number of alkyl halides is 2. The van der Waals surface area contributed by atoms with E-state index in [-0.39, 0.29) is 24.0 Å². The van der Waals surface area contributed by atoms with Gasteiger partial charge >= 0.3 is 11.8 Å². The molecule has 1 heterocycles. The van der Waals surface area contributed by atoms with Crippen molar-refractivity contribution in [1.29, 1.82) is 0 Å². The number of pyridine rings is 1. The molecule has 1 aromatic rings. The van der Waals surface area contributed by atoms with E-state index in [0.29, 0.717) is 11.3 Å². The fourth-order valence-corrected chi connectivity index (χ4v) is 2.83. The predicted molar refractivity (Wildman–Crippen MR) is 106 cm³/mol. The van der Waals surface area contributed by atoms with E-state index in [4.69, 9.17) is 11.5 Å². The van der Waals surface area contributed by atoms with Crippen molar-refractivity contribution < 1.29 is 23.5 Å². The lowest BCUT2D eigenvalue weighted by Crippen LogP contribution is -2.59. The summed E-state index contributed by atoms with van der Waals surface area (Å²) in [6.45, 7) is 6.52. The summed E-state index contributed by atoms with van der Waals surface area (Å²) in [5.41, 5.74) is 11.8. The highest BCUT2D eigenvalue weighted by molar-refractivity contribution is 6.01. The zero-order chi connectivity index (χ0) is 22.4. The molecular weight excluding hydrogens is 382 g/mol. The normalized spacial score (nSPS) is 16.2. The van der Waals surface area contributed by atoms with E-state index in [1.807, 2.05) is 0 Å². The van der Waals surface area contributed by atoms with Crippen molar-refractivity contribution in [3.8, 4) is 0 Å². The summed E-state index contributed by atoms with van der Waals surface area (Å²) in [6, 6.07) is 2.25. The van der Waals surface area contributed by atoms with Crippen LogP contribution in [0.15, 0.2) is 24.4 Å². The van der Waals surface area contributed by atoms with Gasteiger partial charge in [0, 0.05) is 12.2 Å². The molecule has 29 heavy (non-hydrogen) atoms. The molecule has 4 atom stereocenters. The highest BCUT2D eigenvalue weighted by Gasteiger charge is 2.53. The van der Waals surface area contributed by atoms with Crippen LogP contribution >= 0.6 is 0 Å². The van der Waals surface area contributed by atoms with Crippen LogP contribution in [0, 0.1) is 11.8 Å². The molecule has 0 fully saturated rings. The number of hydrogen-bond acceptors (Lipinski definition) is 6. The highest BCUT2D eigenvalue weighted by Crippen LogP contribution is 2.27. The maximum Gasteiger partial charge on any atom is 0.351 e. The summed E-state index contributed by atoms with van der Waals surface area (Å²) in [6.07, 6.45) is -0.402. The van der Waals surface area contributed by atoms with Gasteiger partial charge in [0.25, 0.3) is 0 Å². The van der Waals surface area contributed by atoms with Crippen LogP contribution in [0.5, 0.6) is 0 Å². The molecule has 0 saturated carbocycles. The number of nitrogens with zero attached hydrogens (tertiary/aromatic N) is 2. The van der Waals surface area contributed by atoms with Crippen LogP contribution in [-0.4, -0.2) is 50.9 Å². The van der Waals surface area contributed by atoms with Crippen LogP contribution < -0.4 is 11.5 Å². The van der Waals surface area contributed by atoms with Crippen LogP contribution in [0.1, 0.15) is 46.2 Å². The number of nitrogens with two attached hydrogens (primary N) is 2. The van der Waals surface area contributed by atoms with Crippen LogP contribution in [-0.2, 0) is 16.1 Å². The second kappa shape index (κ2) is 10.7. The molecule has 0 aliphatic carbocycles. The standard InChI is InChI=1S/C20H32F2N4O3/c1-5-13(4)16(24)18(28)26(11-14-8-6-7-9-25-14)19(29)20(21,22)17(27)15(23)10-12(2)3/h6-9,12-13,15-17,27H,5,10-11,23-24H2,1-4H3/t13-,15?,16-,17?/m0/s1. The van der Waals surface area contributed by atoms with Gasteiger partial charge in [0.05, 0.1) is 18.3 Å². The van der Waals surface area contributed by atoms with Crippen molar-refractivity contribution in [3.05, 3.63) is 30.1 Å². The number of rotatable bonds is 10. The van der Waals surface area contributed by atoms with Gasteiger partial charge < -0.3 is 16.6 Å². The van der Waals surface area contributed by atoms with Crippen molar-refractivity contribution in [3.63, 3.8) is 0 Å². The second-order valence-corrected chi connectivity index (χ2v) is 7.82. The molecule has 5 N–H and O–H groups in total. The van der Waals surface area contributed by atoms with Crippen molar-refractivity contribution in [1.82, 2.24) is 9.88 Å². The number of imide groups is 1. The molecule has 0 saturated heterocycles. The molecule has 0 spiro atoms. The third-order valence-corrected chi connectivity index (χ3v) is 4.91. The van der Waals surface area contributed by atoms with Gasteiger partial charge in [-0.15, -0.1) is 0 Å². The largest absolute Gasteiger partial charge is 0.385 e. The van der Waals surface area contributed by atoms with E-state index in [0.717, 1.165) is 0 Å². The molecule has 2 unspecified atom stereocenters. The Morgan fingerprint density at radius 2 is 1.86 bits per heavy atom. The Hall–Kier alpha value is -1.97. The number of aromatic nitrogens is 1. The third kappa shape index (κ3) is 6.52. The Kier molecular flexibility index (Phi) is 9.25. The van der Waals surface area contributed by atoms with E-state index >= 15 is 0 Å². The Bertz CT molecular complexity index is 673. The average molecular weight is 414 g/mol. The summed E-state index contributed by atoms with van der Waals surface area (Å²) in [4.78, 5) is 29.9. The first kappa shape index (κ1) is 25.1. The molecule has 0 radical (unpaired) electrons. The molecule has 2 amide bonds. The quantitative estimate of drug-likeness (QED) is 0.535. The number of carbonyl (C=O) groups is 2. The molecule has 0 bridgehead atoms. The van der Waals surface area contributed by atoms with Crippen molar-refractivity contribution >= 4 is 11.8 Å². The van der Waals surface area contributed by atoms with Crippen LogP contribution in [0.4, 0.5) is 8.78 Å². The van der Waals surface area contributed by atoms with E-state index < -0.39 is 42.5 Å². The van der Waals surface area contributed by atoms with E-state index in [9.17, 15) is 23.5 Å². The molecule has 164 valence electrons. The van der Waals surface area contributed by atoms with Gasteiger partial charge in [-0.05, 0) is 30.4 Å². The Labute approximate surface area is 170 Å². The minimum absolute atomic E-state index is 0.0596. The summed E-state index contributed by atoms with van der Waals surface area (Å²) in [5.74, 6) is -7.43. The fourth-order valence-electron chi connectivity index (χ4n) is 2.83. The zero-order valence-corrected chi connectivity index (χ0v) is 17.4. The SMILES string of the molecule is CC[C@H](C)[C@H](N)C(=O)N(Cc1ccccn1)C(=O)C(F)(F)C(O)C(N)CC(C)C. The third-order valence-electron chi connectivity index (χ3n) is 4.91. The van der Waals surface area contributed by atoms with E-state index in [2.05, 4.69) is 4.98 Å². The van der Waals surface area contributed by atoms with E-state index in [1.54, 1.807) is 39.8 Å². The van der Waals surface area contributed by atoms with Gasteiger partial charge in [-0.25, -0.2) is 0 Å². The molecule has 0 aliphatic heterocycles. The topological polar surface area (TPSA) is 123 Å². The van der Waals surface area contributed by atoms with Gasteiger partial charge in [0.1, 0.15) is 6.10 Å².